The van der Waals surface area contributed by atoms with Gasteiger partial charge in [0.05, 0.1) is 6.54 Å². The number of hydrogen-bond acceptors (Lipinski definition) is 5. The van der Waals surface area contributed by atoms with Gasteiger partial charge in [-0.3, -0.25) is 9.59 Å². The van der Waals surface area contributed by atoms with Gasteiger partial charge in [0.15, 0.2) is 0 Å². The average Bonchev–Trinajstić information content (AvgIpc) is 2.80. The van der Waals surface area contributed by atoms with E-state index >= 15 is 0 Å². The molecule has 0 spiro atoms. The first-order valence-corrected chi connectivity index (χ1v) is 12.4. The molecule has 0 aliphatic rings. The second-order valence-corrected chi connectivity index (χ2v) is 10.6. The van der Waals surface area contributed by atoms with Gasteiger partial charge in [0.2, 0.25) is 0 Å². The van der Waals surface area contributed by atoms with Crippen LogP contribution in [-0.2, 0) is 23.2 Å². The molecule has 186 valence electrons. The third kappa shape index (κ3) is 6.13. The average molecular weight is 570 g/mol. The fourth-order valence-electron chi connectivity index (χ4n) is 3.04. The molecule has 0 unspecified atom stereocenters. The van der Waals surface area contributed by atoms with Crippen molar-refractivity contribution in [3.8, 4) is 5.75 Å². The molecule has 0 aliphatic heterocycles. The molecule has 0 radical (unpaired) electrons. The molecular formula is C23H22BrF2N3O5S. The van der Waals surface area contributed by atoms with Crippen molar-refractivity contribution in [1.29, 1.82) is 0 Å². The van der Waals surface area contributed by atoms with Gasteiger partial charge in [0, 0.05) is 43.2 Å². The van der Waals surface area contributed by atoms with Crippen molar-refractivity contribution in [2.75, 3.05) is 19.4 Å². The molecule has 1 heterocycles. The van der Waals surface area contributed by atoms with Crippen molar-refractivity contribution in [3.05, 3.63) is 91.8 Å². The predicted octanol–water partition coefficient (Wildman–Crippen LogP) is 4.25. The molecule has 0 atom stereocenters. The molecule has 2 aromatic carbocycles. The number of amides is 1. The summed E-state index contributed by atoms with van der Waals surface area (Å²) in [5, 5.41) is 1.17. The Balaban J connectivity index is 1.74. The zero-order valence-corrected chi connectivity index (χ0v) is 21.4. The van der Waals surface area contributed by atoms with Crippen molar-refractivity contribution >= 4 is 36.9 Å². The standard InChI is InChI=1S/C23H22BrF2N3O5S/c1-14-10-20(34-13-16-6-7-17(25)11-19(16)26)21(24)22(30)29(14)12-15-4-8-18(9-5-15)27-23(31)35(32,33)28(2)3/h4-11H,12-13H2,1-3H3,(H,27,31). The van der Waals surface area contributed by atoms with Crippen LogP contribution < -0.4 is 15.6 Å². The number of sulfonamides is 1. The van der Waals surface area contributed by atoms with E-state index in [9.17, 15) is 26.8 Å². The minimum atomic E-state index is -4.10. The van der Waals surface area contributed by atoms with Crippen molar-refractivity contribution in [3.63, 3.8) is 0 Å². The molecular weight excluding hydrogens is 548 g/mol. The van der Waals surface area contributed by atoms with E-state index < -0.39 is 26.9 Å². The lowest BCUT2D eigenvalue weighted by Gasteiger charge is -2.15. The number of carbonyl (C=O) groups is 1. The summed E-state index contributed by atoms with van der Waals surface area (Å²) in [4.78, 5) is 24.9. The lowest BCUT2D eigenvalue weighted by molar-refractivity contribution is 0.266. The van der Waals surface area contributed by atoms with Crippen LogP contribution in [0.5, 0.6) is 5.75 Å². The Kier molecular flexibility index (Phi) is 8.08. The van der Waals surface area contributed by atoms with E-state index in [0.29, 0.717) is 5.69 Å². The van der Waals surface area contributed by atoms with Crippen LogP contribution in [-0.4, -0.2) is 36.6 Å². The molecule has 0 fully saturated rings. The molecule has 1 aromatic heterocycles. The Morgan fingerprint density at radius 1 is 1.11 bits per heavy atom. The van der Waals surface area contributed by atoms with Gasteiger partial charge < -0.3 is 14.6 Å². The first kappa shape index (κ1) is 26.5. The second-order valence-electron chi connectivity index (χ2n) is 7.78. The normalized spacial score (nSPS) is 11.5. The van der Waals surface area contributed by atoms with E-state index in [2.05, 4.69) is 21.2 Å². The van der Waals surface area contributed by atoms with E-state index in [1.165, 1.54) is 36.9 Å². The highest BCUT2D eigenvalue weighted by Crippen LogP contribution is 2.24. The monoisotopic (exact) mass is 569 g/mol. The van der Waals surface area contributed by atoms with Crippen LogP contribution in [0.4, 0.5) is 19.3 Å². The van der Waals surface area contributed by atoms with E-state index in [-0.39, 0.29) is 40.2 Å². The summed E-state index contributed by atoms with van der Waals surface area (Å²) in [6.07, 6.45) is 0. The van der Waals surface area contributed by atoms with Crippen LogP contribution in [0.25, 0.3) is 0 Å². The Hall–Kier alpha value is -3.09. The number of hydrogen-bond donors (Lipinski definition) is 1. The molecule has 3 rings (SSSR count). The lowest BCUT2D eigenvalue weighted by atomic mass is 10.2. The van der Waals surface area contributed by atoms with Gasteiger partial charge in [-0.15, -0.1) is 0 Å². The first-order chi connectivity index (χ1) is 16.4. The van der Waals surface area contributed by atoms with Gasteiger partial charge >= 0.3 is 5.24 Å². The Labute approximate surface area is 209 Å². The fraction of sp³-hybridized carbons (Fsp3) is 0.217. The van der Waals surface area contributed by atoms with E-state index in [0.717, 1.165) is 22.0 Å². The zero-order valence-electron chi connectivity index (χ0n) is 19.0. The quantitative estimate of drug-likeness (QED) is 0.458. The zero-order chi connectivity index (χ0) is 25.9. The maximum absolute atomic E-state index is 13.9. The molecule has 0 bridgehead atoms. The third-order valence-electron chi connectivity index (χ3n) is 5.07. The number of benzene rings is 2. The van der Waals surface area contributed by atoms with Gasteiger partial charge in [-0.1, -0.05) is 12.1 Å². The predicted molar refractivity (Wildman–Crippen MR) is 131 cm³/mol. The highest BCUT2D eigenvalue weighted by molar-refractivity contribution is 9.10. The number of rotatable bonds is 7. The number of aryl methyl sites for hydroxylation is 1. The number of anilines is 1. The number of carbonyl (C=O) groups excluding carboxylic acids is 1. The lowest BCUT2D eigenvalue weighted by Crippen LogP contribution is -2.33. The smallest absolute Gasteiger partial charge is 0.356 e. The highest BCUT2D eigenvalue weighted by Gasteiger charge is 2.24. The molecule has 0 saturated carbocycles. The van der Waals surface area contributed by atoms with Crippen molar-refractivity contribution < 1.29 is 26.7 Å². The summed E-state index contributed by atoms with van der Waals surface area (Å²) in [5.74, 6) is -1.22. The maximum Gasteiger partial charge on any atom is 0.356 e. The Morgan fingerprint density at radius 3 is 2.37 bits per heavy atom. The van der Waals surface area contributed by atoms with E-state index in [1.54, 1.807) is 25.1 Å². The molecule has 8 nitrogen and oxygen atoms in total. The summed E-state index contributed by atoms with van der Waals surface area (Å²) >= 11 is 3.23. The number of pyridine rings is 1. The maximum atomic E-state index is 13.9. The van der Waals surface area contributed by atoms with Crippen LogP contribution in [0.3, 0.4) is 0 Å². The first-order valence-electron chi connectivity index (χ1n) is 10.2. The second kappa shape index (κ2) is 10.7. The molecule has 1 amide bonds. The van der Waals surface area contributed by atoms with Crippen LogP contribution >= 0.6 is 15.9 Å². The molecule has 0 saturated heterocycles. The molecule has 0 aliphatic carbocycles. The van der Waals surface area contributed by atoms with Gasteiger partial charge in [-0.25, -0.2) is 17.2 Å². The molecule has 12 heteroatoms. The molecule has 3 aromatic rings. The third-order valence-corrected chi connectivity index (χ3v) is 7.33. The van der Waals surface area contributed by atoms with Gasteiger partial charge in [-0.05, 0) is 52.7 Å². The fourth-order valence-corrected chi connectivity index (χ4v) is 4.06. The minimum Gasteiger partial charge on any atom is -0.487 e. The van der Waals surface area contributed by atoms with Crippen LogP contribution in [0.15, 0.2) is 57.8 Å². The minimum absolute atomic E-state index is 0.142. The number of aromatic nitrogens is 1. The number of nitrogens with one attached hydrogen (secondary N) is 1. The summed E-state index contributed by atoms with van der Waals surface area (Å²) in [5.41, 5.74) is 1.34. The van der Waals surface area contributed by atoms with Crippen molar-refractivity contribution in [2.45, 2.75) is 20.1 Å². The van der Waals surface area contributed by atoms with Gasteiger partial charge in [-0.2, -0.15) is 4.31 Å². The van der Waals surface area contributed by atoms with E-state index in [4.69, 9.17) is 4.74 Å². The van der Waals surface area contributed by atoms with Gasteiger partial charge in [0.25, 0.3) is 15.6 Å². The van der Waals surface area contributed by atoms with E-state index in [1.807, 2.05) is 0 Å². The SMILES string of the molecule is Cc1cc(OCc2ccc(F)cc2F)c(Br)c(=O)n1Cc1ccc(NC(=O)S(=O)(=O)N(C)C)cc1. The summed E-state index contributed by atoms with van der Waals surface area (Å²) in [6, 6.07) is 11.1. The molecule has 35 heavy (non-hydrogen) atoms. The highest BCUT2D eigenvalue weighted by atomic mass is 79.9. The number of halogens is 3. The van der Waals surface area contributed by atoms with Gasteiger partial charge in [0.1, 0.15) is 28.5 Å². The topological polar surface area (TPSA) is 97.7 Å². The summed E-state index contributed by atoms with van der Waals surface area (Å²) < 4.78 is 58.7. The summed E-state index contributed by atoms with van der Waals surface area (Å²) in [7, 11) is -1.58. The Bertz CT molecular complexity index is 1420. The number of nitrogens with zero attached hydrogens (tertiary/aromatic N) is 2. The van der Waals surface area contributed by atoms with Crippen LogP contribution in [0.2, 0.25) is 0 Å². The summed E-state index contributed by atoms with van der Waals surface area (Å²) in [6.45, 7) is 1.71. The Morgan fingerprint density at radius 2 is 1.77 bits per heavy atom. The van der Waals surface area contributed by atoms with Crippen LogP contribution in [0, 0.1) is 18.6 Å². The number of ether oxygens (including phenoxy) is 1. The van der Waals surface area contributed by atoms with Crippen molar-refractivity contribution in [1.82, 2.24) is 8.87 Å². The molecule has 1 N–H and O–H groups in total. The van der Waals surface area contributed by atoms with Crippen molar-refractivity contribution in [2.24, 2.45) is 0 Å². The largest absolute Gasteiger partial charge is 0.487 e. The van der Waals surface area contributed by atoms with Crippen LogP contribution in [0.1, 0.15) is 16.8 Å².